The molecule has 0 atom stereocenters. The highest BCUT2D eigenvalue weighted by Crippen LogP contribution is 2.12. The second kappa shape index (κ2) is 6.53. The highest BCUT2D eigenvalue weighted by Gasteiger charge is 2.13. The monoisotopic (exact) mass is 285 g/mol. The lowest BCUT2D eigenvalue weighted by atomic mass is 10.2. The van der Waals surface area contributed by atoms with E-state index in [1.807, 2.05) is 6.92 Å². The predicted molar refractivity (Wildman–Crippen MR) is 68.1 cm³/mol. The Labute approximate surface area is 104 Å². The van der Waals surface area contributed by atoms with Crippen molar-refractivity contribution in [3.8, 4) is 5.75 Å². The fourth-order valence-electron chi connectivity index (χ4n) is 1.44. The van der Waals surface area contributed by atoms with E-state index >= 15 is 0 Å². The number of hydrogen-bond donors (Lipinski definition) is 1. The molecule has 0 unspecified atom stereocenters. The Kier molecular flexibility index (Phi) is 5.32. The van der Waals surface area contributed by atoms with Crippen molar-refractivity contribution in [2.24, 2.45) is 0 Å². The number of carbonyl (C=O) groups is 1. The maximum absolute atomic E-state index is 12.0. The normalized spacial score (nSPS) is 10.1. The second-order valence-electron chi connectivity index (χ2n) is 3.47. The van der Waals surface area contributed by atoms with Gasteiger partial charge < -0.3 is 10.0 Å². The molecular formula is C12H16BrNO2. The summed E-state index contributed by atoms with van der Waals surface area (Å²) in [4.78, 5) is 13.8. The summed E-state index contributed by atoms with van der Waals surface area (Å²) in [6.07, 6.45) is 0.942. The largest absolute Gasteiger partial charge is 0.508 e. The van der Waals surface area contributed by atoms with Crippen LogP contribution in [0.5, 0.6) is 5.75 Å². The molecule has 0 aliphatic carbocycles. The average Bonchev–Trinajstić information content (AvgIpc) is 2.30. The van der Waals surface area contributed by atoms with Crippen LogP contribution >= 0.6 is 15.9 Å². The molecule has 1 aromatic carbocycles. The number of hydrogen-bond acceptors (Lipinski definition) is 2. The molecule has 4 heteroatoms. The molecule has 0 aromatic heterocycles. The second-order valence-corrected chi connectivity index (χ2v) is 4.27. The Bertz CT molecular complexity index is 337. The minimum absolute atomic E-state index is 0.0171. The molecule has 0 heterocycles. The first-order valence-electron chi connectivity index (χ1n) is 5.33. The number of amides is 1. The van der Waals surface area contributed by atoms with Crippen LogP contribution in [0.4, 0.5) is 0 Å². The van der Waals surface area contributed by atoms with Gasteiger partial charge in [0.15, 0.2) is 0 Å². The molecule has 88 valence electrons. The molecule has 0 fully saturated rings. The molecule has 1 rings (SSSR count). The molecule has 0 aliphatic heterocycles. The van der Waals surface area contributed by atoms with Gasteiger partial charge in [-0.2, -0.15) is 0 Å². The quantitative estimate of drug-likeness (QED) is 0.845. The van der Waals surface area contributed by atoms with E-state index in [1.165, 1.54) is 12.1 Å². The summed E-state index contributed by atoms with van der Waals surface area (Å²) in [6.45, 7) is 3.42. The van der Waals surface area contributed by atoms with Gasteiger partial charge in [0, 0.05) is 24.0 Å². The molecule has 0 aliphatic rings. The van der Waals surface area contributed by atoms with E-state index in [9.17, 15) is 4.79 Å². The van der Waals surface area contributed by atoms with Crippen LogP contribution in [-0.4, -0.2) is 34.3 Å². The molecule has 0 radical (unpaired) electrons. The SMILES string of the molecule is CCN(CCCBr)C(=O)c1ccc(O)cc1. The Morgan fingerprint density at radius 2 is 2.00 bits per heavy atom. The van der Waals surface area contributed by atoms with Gasteiger partial charge in [-0.25, -0.2) is 0 Å². The number of phenols is 1. The zero-order chi connectivity index (χ0) is 12.0. The number of nitrogens with zero attached hydrogens (tertiary/aromatic N) is 1. The molecule has 0 saturated carbocycles. The molecule has 0 saturated heterocycles. The van der Waals surface area contributed by atoms with Crippen LogP contribution < -0.4 is 0 Å². The standard InChI is InChI=1S/C12H16BrNO2/c1-2-14(9-3-8-13)12(16)10-4-6-11(15)7-5-10/h4-7,15H,2-3,8-9H2,1H3. The zero-order valence-corrected chi connectivity index (χ0v) is 10.9. The van der Waals surface area contributed by atoms with Crippen LogP contribution in [-0.2, 0) is 0 Å². The van der Waals surface area contributed by atoms with Crippen molar-refractivity contribution < 1.29 is 9.90 Å². The number of rotatable bonds is 5. The summed E-state index contributed by atoms with van der Waals surface area (Å²) < 4.78 is 0. The first-order chi connectivity index (χ1) is 7.69. The maximum Gasteiger partial charge on any atom is 0.253 e. The summed E-state index contributed by atoms with van der Waals surface area (Å²) in [7, 11) is 0. The summed E-state index contributed by atoms with van der Waals surface area (Å²) in [6, 6.07) is 6.36. The molecule has 1 N–H and O–H groups in total. The third-order valence-corrected chi connectivity index (χ3v) is 2.91. The Balaban J connectivity index is 2.70. The van der Waals surface area contributed by atoms with E-state index in [0.717, 1.165) is 18.3 Å². The van der Waals surface area contributed by atoms with E-state index in [4.69, 9.17) is 5.11 Å². The van der Waals surface area contributed by atoms with Crippen molar-refractivity contribution in [3.05, 3.63) is 29.8 Å². The predicted octanol–water partition coefficient (Wildman–Crippen LogP) is 2.64. The highest BCUT2D eigenvalue weighted by molar-refractivity contribution is 9.09. The minimum Gasteiger partial charge on any atom is -0.508 e. The van der Waals surface area contributed by atoms with Crippen LogP contribution in [0.2, 0.25) is 0 Å². The van der Waals surface area contributed by atoms with Crippen molar-refractivity contribution in [1.82, 2.24) is 4.90 Å². The number of halogens is 1. The van der Waals surface area contributed by atoms with Gasteiger partial charge in [0.2, 0.25) is 0 Å². The minimum atomic E-state index is 0.0171. The van der Waals surface area contributed by atoms with Crippen LogP contribution in [0.3, 0.4) is 0 Å². The smallest absolute Gasteiger partial charge is 0.253 e. The molecule has 1 aromatic rings. The lowest BCUT2D eigenvalue weighted by Crippen LogP contribution is -2.31. The van der Waals surface area contributed by atoms with Crippen LogP contribution in [0.15, 0.2) is 24.3 Å². The van der Waals surface area contributed by atoms with E-state index in [2.05, 4.69) is 15.9 Å². The van der Waals surface area contributed by atoms with Crippen molar-refractivity contribution in [2.45, 2.75) is 13.3 Å². The van der Waals surface area contributed by atoms with Crippen molar-refractivity contribution in [2.75, 3.05) is 18.4 Å². The number of carbonyl (C=O) groups excluding carboxylic acids is 1. The summed E-state index contributed by atoms with van der Waals surface area (Å²) >= 11 is 3.35. The molecular weight excluding hydrogens is 270 g/mol. The van der Waals surface area contributed by atoms with E-state index < -0.39 is 0 Å². The van der Waals surface area contributed by atoms with Gasteiger partial charge in [-0.15, -0.1) is 0 Å². The van der Waals surface area contributed by atoms with Crippen molar-refractivity contribution in [3.63, 3.8) is 0 Å². The first-order valence-corrected chi connectivity index (χ1v) is 6.45. The van der Waals surface area contributed by atoms with Crippen LogP contribution in [0.1, 0.15) is 23.7 Å². The highest BCUT2D eigenvalue weighted by atomic mass is 79.9. The van der Waals surface area contributed by atoms with Gasteiger partial charge in [-0.3, -0.25) is 4.79 Å². The summed E-state index contributed by atoms with van der Waals surface area (Å²) in [5.74, 6) is 0.198. The van der Waals surface area contributed by atoms with Crippen molar-refractivity contribution in [1.29, 1.82) is 0 Å². The third kappa shape index (κ3) is 3.52. The first kappa shape index (κ1) is 13.0. The van der Waals surface area contributed by atoms with Gasteiger partial charge in [0.05, 0.1) is 0 Å². The molecule has 3 nitrogen and oxygen atoms in total. The van der Waals surface area contributed by atoms with E-state index in [1.54, 1.807) is 17.0 Å². The summed E-state index contributed by atoms with van der Waals surface area (Å²) in [5, 5.41) is 10.0. The topological polar surface area (TPSA) is 40.5 Å². The number of phenolic OH excluding ortho intramolecular Hbond substituents is 1. The van der Waals surface area contributed by atoms with E-state index in [-0.39, 0.29) is 11.7 Å². The molecule has 0 spiro atoms. The number of aromatic hydroxyl groups is 1. The van der Waals surface area contributed by atoms with Gasteiger partial charge in [0.1, 0.15) is 5.75 Å². The number of alkyl halides is 1. The molecule has 0 bridgehead atoms. The fourth-order valence-corrected chi connectivity index (χ4v) is 1.69. The Morgan fingerprint density at radius 1 is 1.38 bits per heavy atom. The molecule has 16 heavy (non-hydrogen) atoms. The summed E-state index contributed by atoms with van der Waals surface area (Å²) in [5.41, 5.74) is 0.620. The lowest BCUT2D eigenvalue weighted by Gasteiger charge is -2.20. The lowest BCUT2D eigenvalue weighted by molar-refractivity contribution is 0.0765. The van der Waals surface area contributed by atoms with E-state index in [0.29, 0.717) is 12.1 Å². The Morgan fingerprint density at radius 3 is 2.50 bits per heavy atom. The van der Waals surface area contributed by atoms with Crippen molar-refractivity contribution >= 4 is 21.8 Å². The average molecular weight is 286 g/mol. The zero-order valence-electron chi connectivity index (χ0n) is 9.32. The van der Waals surface area contributed by atoms with Gasteiger partial charge in [-0.1, -0.05) is 15.9 Å². The fraction of sp³-hybridized carbons (Fsp3) is 0.417. The maximum atomic E-state index is 12.0. The molecule has 1 amide bonds. The Hall–Kier alpha value is -1.03. The van der Waals surface area contributed by atoms with Gasteiger partial charge in [-0.05, 0) is 37.6 Å². The van der Waals surface area contributed by atoms with Gasteiger partial charge >= 0.3 is 0 Å². The third-order valence-electron chi connectivity index (χ3n) is 2.34. The number of benzene rings is 1. The van der Waals surface area contributed by atoms with Crippen LogP contribution in [0.25, 0.3) is 0 Å². The van der Waals surface area contributed by atoms with Crippen LogP contribution in [0, 0.1) is 0 Å². The van der Waals surface area contributed by atoms with Gasteiger partial charge in [0.25, 0.3) is 5.91 Å².